The van der Waals surface area contributed by atoms with Crippen molar-refractivity contribution in [3.63, 3.8) is 0 Å². The first-order valence-electron chi connectivity index (χ1n) is 12.9. The Balaban J connectivity index is 1.79. The monoisotopic (exact) mass is 515 g/mol. The summed E-state index contributed by atoms with van der Waals surface area (Å²) in [6, 6.07) is 8.50. The van der Waals surface area contributed by atoms with E-state index in [1.807, 2.05) is 13.0 Å². The molecule has 0 radical (unpaired) electrons. The van der Waals surface area contributed by atoms with Crippen molar-refractivity contribution in [3.8, 4) is 17.0 Å². The number of carbonyl (C=O) groups is 3. The topological polar surface area (TPSA) is 103 Å². The Hall–Kier alpha value is -3.74. The maximum atomic E-state index is 13.7. The summed E-state index contributed by atoms with van der Waals surface area (Å²) >= 11 is 0. The van der Waals surface area contributed by atoms with Gasteiger partial charge >= 0.3 is 5.97 Å². The molecule has 1 aliphatic heterocycles. The van der Waals surface area contributed by atoms with Crippen LogP contribution >= 0.6 is 0 Å². The lowest BCUT2D eigenvalue weighted by Crippen LogP contribution is -2.38. The van der Waals surface area contributed by atoms with Crippen molar-refractivity contribution >= 4 is 17.5 Å². The second-order valence-corrected chi connectivity index (χ2v) is 12.2. The number of pyridine rings is 1. The van der Waals surface area contributed by atoms with Gasteiger partial charge in [-0.3, -0.25) is 9.59 Å². The molecule has 0 bridgehead atoms. The van der Waals surface area contributed by atoms with Crippen molar-refractivity contribution in [2.45, 2.75) is 66.2 Å². The van der Waals surface area contributed by atoms with Crippen LogP contribution in [0.3, 0.4) is 0 Å². The third-order valence-corrected chi connectivity index (χ3v) is 7.81. The lowest BCUT2D eigenvalue weighted by Gasteiger charge is -2.43. The van der Waals surface area contributed by atoms with E-state index in [1.165, 1.54) is 6.07 Å². The molecule has 0 atom stereocenters. The number of carboxylic acid groups (broad SMARTS) is 1. The Kier molecular flexibility index (Phi) is 6.08. The number of ether oxygens (including phenoxy) is 2. The number of nitrogens with zero attached hydrogens (tertiary/aromatic N) is 1. The van der Waals surface area contributed by atoms with Gasteiger partial charge in [0, 0.05) is 48.0 Å². The van der Waals surface area contributed by atoms with Crippen LogP contribution in [0.5, 0.6) is 5.75 Å². The lowest BCUT2D eigenvalue weighted by molar-refractivity contribution is -0.120. The minimum Gasteiger partial charge on any atom is -0.496 e. The van der Waals surface area contributed by atoms with Crippen molar-refractivity contribution in [1.82, 2.24) is 4.98 Å². The Morgan fingerprint density at radius 3 is 2.05 bits per heavy atom. The zero-order valence-electron chi connectivity index (χ0n) is 22.7. The van der Waals surface area contributed by atoms with Gasteiger partial charge in [-0.2, -0.15) is 0 Å². The van der Waals surface area contributed by atoms with Crippen LogP contribution in [0.15, 0.2) is 53.0 Å². The van der Waals surface area contributed by atoms with Gasteiger partial charge in [0.05, 0.1) is 18.7 Å². The van der Waals surface area contributed by atoms with Gasteiger partial charge in [-0.25, -0.2) is 9.78 Å². The molecule has 5 rings (SSSR count). The molecule has 38 heavy (non-hydrogen) atoms. The van der Waals surface area contributed by atoms with Crippen molar-refractivity contribution in [3.05, 3.63) is 69.8 Å². The molecule has 0 fully saturated rings. The maximum absolute atomic E-state index is 13.7. The van der Waals surface area contributed by atoms with Gasteiger partial charge < -0.3 is 14.6 Å². The molecule has 1 aromatic heterocycles. The standard InChI is InChI=1S/C31H33NO6/c1-16-17(18-8-7-9-19(32-18)29(35)36)10-11-22(37-6)25(16)28-26-20(33)12-30(2,3)14-23(26)38-24-15-31(4,5)13-21(34)27(24)28/h7-11,28H,12-15H2,1-6H3,(H,35,36). The van der Waals surface area contributed by atoms with E-state index in [0.717, 1.165) is 11.1 Å². The first-order valence-corrected chi connectivity index (χ1v) is 12.9. The fourth-order valence-corrected chi connectivity index (χ4v) is 6.19. The van der Waals surface area contributed by atoms with E-state index >= 15 is 0 Å². The minimum absolute atomic E-state index is 0.0247. The number of ketones is 2. The normalized spacial score (nSPS) is 20.6. The predicted octanol–water partition coefficient (Wildman–Crippen LogP) is 6.16. The molecule has 0 unspecified atom stereocenters. The summed E-state index contributed by atoms with van der Waals surface area (Å²) in [6.45, 7) is 10.1. The second kappa shape index (κ2) is 8.93. The smallest absolute Gasteiger partial charge is 0.354 e. The first kappa shape index (κ1) is 25.9. The number of rotatable bonds is 4. The molecule has 3 aliphatic rings. The van der Waals surface area contributed by atoms with Crippen molar-refractivity contribution < 1.29 is 29.0 Å². The summed E-state index contributed by atoms with van der Waals surface area (Å²) < 4.78 is 12.2. The minimum atomic E-state index is -1.11. The SMILES string of the molecule is COc1ccc(-c2cccc(C(=O)O)n2)c(C)c1C1C2=C(CC(C)(C)CC2=O)OC2=C1C(=O)CC(C)(C)C2. The molecule has 198 valence electrons. The second-order valence-electron chi connectivity index (χ2n) is 12.2. The van der Waals surface area contributed by atoms with E-state index in [2.05, 4.69) is 32.7 Å². The van der Waals surface area contributed by atoms with E-state index in [1.54, 1.807) is 25.3 Å². The zero-order chi connectivity index (χ0) is 27.6. The molecule has 0 saturated carbocycles. The largest absolute Gasteiger partial charge is 0.496 e. The maximum Gasteiger partial charge on any atom is 0.354 e. The van der Waals surface area contributed by atoms with Crippen LogP contribution in [0.25, 0.3) is 11.3 Å². The van der Waals surface area contributed by atoms with Crippen molar-refractivity contribution in [2.75, 3.05) is 7.11 Å². The van der Waals surface area contributed by atoms with Crippen molar-refractivity contribution in [1.29, 1.82) is 0 Å². The van der Waals surface area contributed by atoms with Gasteiger partial charge in [0.2, 0.25) is 0 Å². The average Bonchev–Trinajstić information content (AvgIpc) is 2.81. The van der Waals surface area contributed by atoms with E-state index in [9.17, 15) is 19.5 Å². The molecule has 2 heterocycles. The zero-order valence-corrected chi connectivity index (χ0v) is 22.7. The molecule has 2 aliphatic carbocycles. The number of hydrogen-bond donors (Lipinski definition) is 1. The molecule has 0 saturated heterocycles. The van der Waals surface area contributed by atoms with E-state index in [4.69, 9.17) is 9.47 Å². The van der Waals surface area contributed by atoms with E-state index in [-0.39, 0.29) is 28.1 Å². The molecule has 7 nitrogen and oxygen atoms in total. The molecular formula is C31H33NO6. The summed E-state index contributed by atoms with van der Waals surface area (Å²) in [6.07, 6.45) is 1.91. The highest BCUT2D eigenvalue weighted by Gasteiger charge is 2.49. The highest BCUT2D eigenvalue weighted by molar-refractivity contribution is 6.06. The summed E-state index contributed by atoms with van der Waals surface area (Å²) in [7, 11) is 1.57. The molecular weight excluding hydrogens is 482 g/mol. The molecule has 2 aromatic rings. The number of carbonyl (C=O) groups excluding carboxylic acids is 2. The van der Waals surface area contributed by atoms with E-state index in [0.29, 0.717) is 65.4 Å². The predicted molar refractivity (Wildman–Crippen MR) is 142 cm³/mol. The van der Waals surface area contributed by atoms with Gasteiger partial charge in [-0.1, -0.05) is 33.8 Å². The summed E-state index contributed by atoms with van der Waals surface area (Å²) in [4.78, 5) is 43.4. The van der Waals surface area contributed by atoms with E-state index < -0.39 is 11.9 Å². The molecule has 1 N–H and O–H groups in total. The lowest BCUT2D eigenvalue weighted by atomic mass is 9.65. The number of methoxy groups -OCH3 is 1. The Labute approximate surface area is 222 Å². The number of aromatic carboxylic acids is 1. The highest BCUT2D eigenvalue weighted by Crippen LogP contribution is 2.55. The van der Waals surface area contributed by atoms with Crippen LogP contribution in [0.1, 0.15) is 80.9 Å². The van der Waals surface area contributed by atoms with Gasteiger partial charge in [-0.15, -0.1) is 0 Å². The first-order chi connectivity index (χ1) is 17.8. The Morgan fingerprint density at radius 1 is 0.947 bits per heavy atom. The van der Waals surface area contributed by atoms with Gasteiger partial charge in [0.25, 0.3) is 0 Å². The molecule has 1 aromatic carbocycles. The Morgan fingerprint density at radius 2 is 1.53 bits per heavy atom. The highest BCUT2D eigenvalue weighted by atomic mass is 16.5. The summed E-state index contributed by atoms with van der Waals surface area (Å²) in [5.74, 6) is 0.0430. The molecule has 0 spiro atoms. The quantitative estimate of drug-likeness (QED) is 0.520. The summed E-state index contributed by atoms with van der Waals surface area (Å²) in [5.41, 5.74) is 3.20. The van der Waals surface area contributed by atoms with Crippen LogP contribution in [0, 0.1) is 17.8 Å². The average molecular weight is 516 g/mol. The van der Waals surface area contributed by atoms with Crippen molar-refractivity contribution in [2.24, 2.45) is 10.8 Å². The third kappa shape index (κ3) is 4.34. The third-order valence-electron chi connectivity index (χ3n) is 7.81. The van der Waals surface area contributed by atoms with Crippen LogP contribution in [0.4, 0.5) is 0 Å². The summed E-state index contributed by atoms with van der Waals surface area (Å²) in [5, 5.41) is 9.48. The van der Waals surface area contributed by atoms with Crippen LogP contribution in [-0.2, 0) is 14.3 Å². The van der Waals surface area contributed by atoms with Gasteiger partial charge in [0.1, 0.15) is 23.0 Å². The molecule has 0 amide bonds. The number of benzene rings is 1. The number of hydrogen-bond acceptors (Lipinski definition) is 6. The van der Waals surface area contributed by atoms with Crippen LogP contribution in [-0.4, -0.2) is 34.7 Å². The number of carboxylic acids is 1. The van der Waals surface area contributed by atoms with Crippen LogP contribution in [0.2, 0.25) is 0 Å². The number of Topliss-reactive ketones (excluding diaryl/α,β-unsaturated/α-hetero) is 2. The number of aromatic nitrogens is 1. The Bertz CT molecular complexity index is 1410. The fourth-order valence-electron chi connectivity index (χ4n) is 6.19. The molecule has 7 heteroatoms. The van der Waals surface area contributed by atoms with Crippen LogP contribution < -0.4 is 4.74 Å². The number of allylic oxidation sites excluding steroid dienone is 4. The fraction of sp³-hybridized carbons (Fsp3) is 0.419. The van der Waals surface area contributed by atoms with Gasteiger partial charge in [-0.05, 0) is 47.6 Å². The van der Waals surface area contributed by atoms with Gasteiger partial charge in [0.15, 0.2) is 11.6 Å².